The normalized spacial score (nSPS) is 16.1. The first-order valence-electron chi connectivity index (χ1n) is 5.02. The van der Waals surface area contributed by atoms with Crippen molar-refractivity contribution in [3.8, 4) is 0 Å². The van der Waals surface area contributed by atoms with Gasteiger partial charge in [-0.1, -0.05) is 0 Å². The minimum absolute atomic E-state index is 0.0660. The Labute approximate surface area is 87.4 Å². The molecular weight excluding hydrogens is 196 g/mol. The monoisotopic (exact) mass is 210 g/mol. The zero-order chi connectivity index (χ0) is 10.7. The van der Waals surface area contributed by atoms with E-state index in [1.54, 1.807) is 0 Å². The first-order chi connectivity index (χ1) is 7.31. The molecule has 0 aromatic carbocycles. The van der Waals surface area contributed by atoms with Crippen LogP contribution in [0, 0.1) is 0 Å². The van der Waals surface area contributed by atoms with Crippen molar-refractivity contribution < 1.29 is 4.79 Å². The Morgan fingerprint density at radius 2 is 2.47 bits per heavy atom. The molecule has 0 atom stereocenters. The van der Waals surface area contributed by atoms with Gasteiger partial charge in [-0.15, -0.1) is 5.10 Å². The Balaban J connectivity index is 1.93. The lowest BCUT2D eigenvalue weighted by Gasteiger charge is -2.37. The molecular formula is C8H14N6O. The summed E-state index contributed by atoms with van der Waals surface area (Å²) in [5.74, 6) is 0.0660. The van der Waals surface area contributed by atoms with Crippen LogP contribution < -0.4 is 5.32 Å². The zero-order valence-electron chi connectivity index (χ0n) is 8.63. The third-order valence-electron chi connectivity index (χ3n) is 2.55. The Bertz CT molecular complexity index is 320. The molecule has 0 aliphatic carbocycles. The van der Waals surface area contributed by atoms with Crippen molar-refractivity contribution in [3.05, 3.63) is 6.33 Å². The highest BCUT2D eigenvalue weighted by atomic mass is 16.2. The smallest absolute Gasteiger partial charge is 0.244 e. The van der Waals surface area contributed by atoms with E-state index in [0.717, 1.165) is 19.6 Å². The molecule has 0 spiro atoms. The predicted molar refractivity (Wildman–Crippen MR) is 51.9 cm³/mol. The maximum Gasteiger partial charge on any atom is 0.244 e. The van der Waals surface area contributed by atoms with Crippen LogP contribution in [0.1, 0.15) is 6.92 Å². The lowest BCUT2D eigenvalue weighted by atomic mass is 10.1. The van der Waals surface area contributed by atoms with Crippen molar-refractivity contribution in [1.29, 1.82) is 0 Å². The van der Waals surface area contributed by atoms with E-state index in [-0.39, 0.29) is 12.5 Å². The van der Waals surface area contributed by atoms with Crippen molar-refractivity contribution in [2.75, 3.05) is 19.6 Å². The standard InChI is InChI=1S/C8H14N6O/c1-2-14(7-3-9-4-7)8(15)5-13-6-10-11-12-13/h6-7,9H,2-5H2,1H3. The van der Waals surface area contributed by atoms with Gasteiger partial charge >= 0.3 is 0 Å². The second kappa shape index (κ2) is 4.35. The van der Waals surface area contributed by atoms with Crippen LogP contribution in [-0.2, 0) is 11.3 Å². The van der Waals surface area contributed by atoms with Gasteiger partial charge in [-0.25, -0.2) is 4.68 Å². The molecule has 0 radical (unpaired) electrons. The Morgan fingerprint density at radius 1 is 1.67 bits per heavy atom. The first kappa shape index (κ1) is 10.0. The summed E-state index contributed by atoms with van der Waals surface area (Å²) in [5, 5.41) is 13.8. The van der Waals surface area contributed by atoms with Crippen molar-refractivity contribution in [2.45, 2.75) is 19.5 Å². The molecule has 15 heavy (non-hydrogen) atoms. The number of rotatable bonds is 4. The number of nitrogens with zero attached hydrogens (tertiary/aromatic N) is 5. The molecule has 0 unspecified atom stereocenters. The van der Waals surface area contributed by atoms with Gasteiger partial charge in [-0.3, -0.25) is 4.79 Å². The molecule has 0 bridgehead atoms. The summed E-state index contributed by atoms with van der Waals surface area (Å²) < 4.78 is 1.44. The average Bonchev–Trinajstić information content (AvgIpc) is 2.63. The van der Waals surface area contributed by atoms with Gasteiger partial charge in [0, 0.05) is 19.6 Å². The van der Waals surface area contributed by atoms with Gasteiger partial charge in [0.1, 0.15) is 12.9 Å². The number of amides is 1. The zero-order valence-corrected chi connectivity index (χ0v) is 8.63. The quantitative estimate of drug-likeness (QED) is 0.654. The number of hydrogen-bond donors (Lipinski definition) is 1. The number of hydrogen-bond acceptors (Lipinski definition) is 5. The van der Waals surface area contributed by atoms with E-state index in [2.05, 4.69) is 20.8 Å². The van der Waals surface area contributed by atoms with Crippen molar-refractivity contribution in [2.24, 2.45) is 0 Å². The minimum Gasteiger partial charge on any atom is -0.336 e. The average molecular weight is 210 g/mol. The number of aromatic nitrogens is 4. The lowest BCUT2D eigenvalue weighted by molar-refractivity contribution is -0.135. The second-order valence-electron chi connectivity index (χ2n) is 3.50. The molecule has 1 aliphatic heterocycles. The van der Waals surface area contributed by atoms with Gasteiger partial charge < -0.3 is 10.2 Å². The van der Waals surface area contributed by atoms with Gasteiger partial charge in [0.2, 0.25) is 5.91 Å². The van der Waals surface area contributed by atoms with Gasteiger partial charge in [0.15, 0.2) is 0 Å². The molecule has 1 N–H and O–H groups in total. The fourth-order valence-electron chi connectivity index (χ4n) is 1.61. The summed E-state index contributed by atoms with van der Waals surface area (Å²) in [4.78, 5) is 13.7. The van der Waals surface area contributed by atoms with Gasteiger partial charge in [0.05, 0.1) is 6.04 Å². The fourth-order valence-corrected chi connectivity index (χ4v) is 1.61. The largest absolute Gasteiger partial charge is 0.336 e. The van der Waals surface area contributed by atoms with E-state index in [1.165, 1.54) is 11.0 Å². The fraction of sp³-hybridized carbons (Fsp3) is 0.750. The van der Waals surface area contributed by atoms with Crippen LogP contribution in [0.4, 0.5) is 0 Å². The van der Waals surface area contributed by atoms with Crippen LogP contribution >= 0.6 is 0 Å². The van der Waals surface area contributed by atoms with Crippen LogP contribution in [0.3, 0.4) is 0 Å². The molecule has 1 amide bonds. The van der Waals surface area contributed by atoms with Crippen molar-refractivity contribution in [1.82, 2.24) is 30.4 Å². The molecule has 1 aromatic heterocycles. The van der Waals surface area contributed by atoms with E-state index in [4.69, 9.17) is 0 Å². The lowest BCUT2D eigenvalue weighted by Crippen LogP contribution is -2.59. The van der Waals surface area contributed by atoms with E-state index in [9.17, 15) is 4.79 Å². The van der Waals surface area contributed by atoms with Gasteiger partial charge in [-0.05, 0) is 17.4 Å². The number of nitrogens with one attached hydrogen (secondary N) is 1. The number of carbonyl (C=O) groups is 1. The summed E-state index contributed by atoms with van der Waals surface area (Å²) in [6.07, 6.45) is 1.45. The highest BCUT2D eigenvalue weighted by molar-refractivity contribution is 5.76. The summed E-state index contributed by atoms with van der Waals surface area (Å²) in [5.41, 5.74) is 0. The van der Waals surface area contributed by atoms with Crippen molar-refractivity contribution in [3.63, 3.8) is 0 Å². The Kier molecular flexibility index (Phi) is 2.91. The summed E-state index contributed by atoms with van der Waals surface area (Å²) >= 11 is 0. The topological polar surface area (TPSA) is 75.9 Å². The summed E-state index contributed by atoms with van der Waals surface area (Å²) in [6.45, 7) is 4.70. The molecule has 7 heteroatoms. The van der Waals surface area contributed by atoms with E-state index in [0.29, 0.717) is 6.04 Å². The highest BCUT2D eigenvalue weighted by Gasteiger charge is 2.27. The molecule has 7 nitrogen and oxygen atoms in total. The van der Waals surface area contributed by atoms with E-state index in [1.807, 2.05) is 11.8 Å². The number of carbonyl (C=O) groups excluding carboxylic acids is 1. The molecule has 82 valence electrons. The highest BCUT2D eigenvalue weighted by Crippen LogP contribution is 2.05. The van der Waals surface area contributed by atoms with Crippen LogP contribution in [-0.4, -0.2) is 56.7 Å². The van der Waals surface area contributed by atoms with Crippen molar-refractivity contribution >= 4 is 5.91 Å². The maximum absolute atomic E-state index is 11.9. The number of likely N-dealkylation sites (N-methyl/N-ethyl adjacent to an activating group) is 1. The van der Waals surface area contributed by atoms with E-state index >= 15 is 0 Å². The summed E-state index contributed by atoms with van der Waals surface area (Å²) in [7, 11) is 0. The minimum atomic E-state index is 0.0660. The van der Waals surface area contributed by atoms with Crippen LogP contribution in [0.5, 0.6) is 0 Å². The Hall–Kier alpha value is -1.50. The van der Waals surface area contributed by atoms with Gasteiger partial charge in [0.25, 0.3) is 0 Å². The van der Waals surface area contributed by atoms with Crippen LogP contribution in [0.25, 0.3) is 0 Å². The third-order valence-corrected chi connectivity index (χ3v) is 2.55. The third kappa shape index (κ3) is 2.12. The Morgan fingerprint density at radius 3 is 2.93 bits per heavy atom. The molecule has 1 aromatic rings. The summed E-state index contributed by atoms with van der Waals surface area (Å²) in [6, 6.07) is 0.332. The number of tetrazole rings is 1. The predicted octanol–water partition coefficient (Wildman–Crippen LogP) is -1.51. The molecule has 1 fully saturated rings. The maximum atomic E-state index is 11.9. The van der Waals surface area contributed by atoms with Gasteiger partial charge in [-0.2, -0.15) is 0 Å². The first-order valence-corrected chi connectivity index (χ1v) is 5.02. The van der Waals surface area contributed by atoms with Crippen LogP contribution in [0.15, 0.2) is 6.33 Å². The molecule has 2 rings (SSSR count). The molecule has 1 saturated heterocycles. The molecule has 1 aliphatic rings. The SMILES string of the molecule is CCN(C(=O)Cn1cnnn1)C1CNC1. The van der Waals surface area contributed by atoms with E-state index < -0.39 is 0 Å². The van der Waals surface area contributed by atoms with Crippen LogP contribution in [0.2, 0.25) is 0 Å². The molecule has 2 heterocycles. The second-order valence-corrected chi connectivity index (χ2v) is 3.50. The molecule has 0 saturated carbocycles.